The third kappa shape index (κ3) is 5.40. The largest absolute Gasteiger partial charge is 0.492 e. The van der Waals surface area contributed by atoms with Crippen molar-refractivity contribution in [1.82, 2.24) is 25.2 Å². The third-order valence-electron chi connectivity index (χ3n) is 5.12. The summed E-state index contributed by atoms with van der Waals surface area (Å²) in [6.45, 7) is 2.86. The first-order chi connectivity index (χ1) is 15.9. The molecule has 0 saturated carbocycles. The molecule has 3 heterocycles. The van der Waals surface area contributed by atoms with E-state index < -0.39 is 18.3 Å². The molecule has 0 unspecified atom stereocenters. The average Bonchev–Trinajstić information content (AvgIpc) is 3.33. The van der Waals surface area contributed by atoms with E-state index in [9.17, 15) is 18.3 Å². The first kappa shape index (κ1) is 24.2. The van der Waals surface area contributed by atoms with Gasteiger partial charge in [-0.3, -0.25) is 15.1 Å². The van der Waals surface area contributed by atoms with E-state index in [1.165, 1.54) is 18.4 Å². The number of hydrogen-bond donors (Lipinski definition) is 3. The van der Waals surface area contributed by atoms with Crippen molar-refractivity contribution in [1.29, 1.82) is 5.41 Å². The van der Waals surface area contributed by atoms with E-state index in [1.54, 1.807) is 24.7 Å². The molecule has 0 bridgehead atoms. The highest BCUT2D eigenvalue weighted by molar-refractivity contribution is 7.14. The van der Waals surface area contributed by atoms with Crippen molar-refractivity contribution in [2.24, 2.45) is 0 Å². The van der Waals surface area contributed by atoms with Gasteiger partial charge in [0.05, 0.1) is 30.6 Å². The average molecular weight is 495 g/mol. The number of alkyl halides is 3. The van der Waals surface area contributed by atoms with Crippen LogP contribution in [0.3, 0.4) is 0 Å². The Balaban J connectivity index is 1.63. The van der Waals surface area contributed by atoms with Crippen LogP contribution in [0.25, 0.3) is 22.4 Å². The van der Waals surface area contributed by atoms with Crippen LogP contribution in [0.15, 0.2) is 30.6 Å². The Labute approximate surface area is 198 Å². The van der Waals surface area contributed by atoms with Crippen LogP contribution < -0.4 is 10.2 Å². The summed E-state index contributed by atoms with van der Waals surface area (Å²) in [6.07, 6.45) is -0.365. The summed E-state index contributed by atoms with van der Waals surface area (Å²) in [5, 5.41) is 23.5. The van der Waals surface area contributed by atoms with Crippen LogP contribution in [0.1, 0.15) is 23.7 Å². The van der Waals surface area contributed by atoms with E-state index in [2.05, 4.69) is 15.5 Å². The zero-order valence-corrected chi connectivity index (χ0v) is 19.7. The van der Waals surface area contributed by atoms with Gasteiger partial charge in [-0.25, -0.2) is 10.4 Å². The molecule has 8 nitrogen and oxygen atoms in total. The molecular weight excluding hydrogens is 469 g/mol. The van der Waals surface area contributed by atoms with Gasteiger partial charge in [0.25, 0.3) is 0 Å². The summed E-state index contributed by atoms with van der Waals surface area (Å²) in [6, 6.07) is 5.64. The number of aromatic nitrogens is 3. The first-order valence-electron chi connectivity index (χ1n) is 10.6. The zero-order chi connectivity index (χ0) is 24.7. The molecule has 4 rings (SSSR count). The van der Waals surface area contributed by atoms with Gasteiger partial charge >= 0.3 is 6.18 Å². The maximum atomic E-state index is 12.9. The molecule has 3 N–H and O–H groups in total. The molecule has 34 heavy (non-hydrogen) atoms. The molecule has 3 aromatic rings. The fourth-order valence-electron chi connectivity index (χ4n) is 3.66. The normalized spacial score (nSPS) is 13.6. The van der Waals surface area contributed by atoms with E-state index in [1.807, 2.05) is 24.4 Å². The summed E-state index contributed by atoms with van der Waals surface area (Å²) in [7, 11) is 1.34. The molecular formula is C22H25F3N6O2S. The second-order valence-corrected chi connectivity index (χ2v) is 9.70. The number of aliphatic hydroxyl groups is 1. The summed E-state index contributed by atoms with van der Waals surface area (Å²) < 4.78 is 46.3. The lowest BCUT2D eigenvalue weighted by atomic mass is 10.0. The minimum absolute atomic E-state index is 0.202. The fraction of sp³-hybridized carbons (Fsp3) is 0.409. The molecule has 0 saturated heterocycles. The van der Waals surface area contributed by atoms with Gasteiger partial charge in [-0.2, -0.15) is 18.3 Å². The van der Waals surface area contributed by atoms with Crippen molar-refractivity contribution >= 4 is 17.2 Å². The number of nitrogens with one attached hydrogen (secondary N) is 2. The fourth-order valence-corrected chi connectivity index (χ4v) is 4.68. The lowest BCUT2D eigenvalue weighted by Gasteiger charge is -2.23. The van der Waals surface area contributed by atoms with E-state index in [-0.39, 0.29) is 10.8 Å². The second-order valence-electron chi connectivity index (χ2n) is 8.61. The Hall–Kier alpha value is -2.96. The number of halogens is 3. The number of thiazole rings is 1. The van der Waals surface area contributed by atoms with Crippen LogP contribution in [0, 0.1) is 5.41 Å². The summed E-state index contributed by atoms with van der Waals surface area (Å²) in [5.74, 6) is 0.270. The van der Waals surface area contributed by atoms with Gasteiger partial charge in [-0.05, 0) is 31.5 Å². The molecule has 2 aromatic heterocycles. The maximum absolute atomic E-state index is 12.9. The minimum Gasteiger partial charge on any atom is -0.492 e. The number of hydrogen-bond acceptors (Lipinski definition) is 7. The molecule has 0 atom stereocenters. The van der Waals surface area contributed by atoms with E-state index in [0.29, 0.717) is 31.0 Å². The number of benzene rings is 1. The van der Waals surface area contributed by atoms with Gasteiger partial charge in [-0.15, -0.1) is 11.3 Å². The van der Waals surface area contributed by atoms with Crippen molar-refractivity contribution in [2.45, 2.75) is 38.6 Å². The van der Waals surface area contributed by atoms with Gasteiger partial charge < -0.3 is 9.84 Å². The Morgan fingerprint density at radius 1 is 1.32 bits per heavy atom. The molecule has 0 radical (unpaired) electrons. The summed E-state index contributed by atoms with van der Waals surface area (Å²) in [5.41, 5.74) is 4.60. The second kappa shape index (κ2) is 9.01. The topological polar surface area (TPSA) is 99.3 Å². The molecule has 1 aromatic carbocycles. The van der Waals surface area contributed by atoms with Crippen LogP contribution in [0.5, 0.6) is 5.75 Å². The number of ether oxygens (including phenoxy) is 1. The molecule has 12 heteroatoms. The zero-order valence-electron chi connectivity index (χ0n) is 18.9. The van der Waals surface area contributed by atoms with Crippen LogP contribution in [-0.2, 0) is 13.0 Å². The van der Waals surface area contributed by atoms with Crippen molar-refractivity contribution in [3.63, 3.8) is 0 Å². The van der Waals surface area contributed by atoms with Gasteiger partial charge in [-0.1, -0.05) is 6.07 Å². The summed E-state index contributed by atoms with van der Waals surface area (Å²) in [4.78, 5) is 5.37. The van der Waals surface area contributed by atoms with E-state index in [4.69, 9.17) is 10.1 Å². The van der Waals surface area contributed by atoms with Gasteiger partial charge in [0, 0.05) is 35.7 Å². The standard InChI is InChI=1S/C22H25F3N6O2S/c1-21(2,32)11-30-10-14(9-28-30)13-4-5-15-16(8-13)33-7-6-17-18(15)29-20(34-17)19(26)31(27-3)12-22(23,24)25/h4-5,8-10,26-27,32H,6-7,11-12H2,1-3H3. The van der Waals surface area contributed by atoms with Crippen LogP contribution in [0.4, 0.5) is 13.2 Å². The summed E-state index contributed by atoms with van der Waals surface area (Å²) >= 11 is 1.20. The number of fused-ring (bicyclic) bond motifs is 3. The third-order valence-corrected chi connectivity index (χ3v) is 6.24. The smallest absolute Gasteiger partial charge is 0.407 e. The van der Waals surface area contributed by atoms with Crippen LogP contribution in [-0.4, -0.2) is 62.7 Å². The number of nitrogens with zero attached hydrogens (tertiary/aromatic N) is 4. The monoisotopic (exact) mass is 494 g/mol. The SMILES string of the molecule is CNN(CC(F)(F)F)C(=N)c1nc2c(s1)CCOc1cc(-c3cnn(CC(C)(C)O)c3)ccc1-2. The predicted molar refractivity (Wildman–Crippen MR) is 123 cm³/mol. The van der Waals surface area contributed by atoms with Crippen LogP contribution >= 0.6 is 11.3 Å². The van der Waals surface area contributed by atoms with E-state index >= 15 is 0 Å². The van der Waals surface area contributed by atoms with Gasteiger partial charge in [0.1, 0.15) is 12.3 Å². The van der Waals surface area contributed by atoms with E-state index in [0.717, 1.165) is 26.6 Å². The number of hydrazine groups is 1. The highest BCUT2D eigenvalue weighted by Crippen LogP contribution is 2.40. The van der Waals surface area contributed by atoms with Gasteiger partial charge in [0.2, 0.25) is 0 Å². The van der Waals surface area contributed by atoms with Gasteiger partial charge in [0.15, 0.2) is 10.8 Å². The minimum atomic E-state index is -4.46. The predicted octanol–water partition coefficient (Wildman–Crippen LogP) is 3.70. The van der Waals surface area contributed by atoms with Crippen molar-refractivity contribution in [3.05, 3.63) is 40.5 Å². The molecule has 182 valence electrons. The molecule has 1 aliphatic heterocycles. The molecule has 0 fully saturated rings. The maximum Gasteiger partial charge on any atom is 0.407 e. The molecule has 0 aliphatic carbocycles. The highest BCUT2D eigenvalue weighted by atomic mass is 32.1. The Morgan fingerprint density at radius 3 is 2.76 bits per heavy atom. The molecule has 1 aliphatic rings. The van der Waals surface area contributed by atoms with Crippen molar-refractivity contribution < 1.29 is 23.0 Å². The quantitative estimate of drug-likeness (QED) is 0.275. The number of amidine groups is 1. The Bertz CT molecular complexity index is 1200. The lowest BCUT2D eigenvalue weighted by molar-refractivity contribution is -0.141. The number of rotatable bonds is 6. The Morgan fingerprint density at radius 2 is 2.09 bits per heavy atom. The molecule has 0 spiro atoms. The van der Waals surface area contributed by atoms with Crippen LogP contribution in [0.2, 0.25) is 0 Å². The van der Waals surface area contributed by atoms with Crippen molar-refractivity contribution in [2.75, 3.05) is 20.2 Å². The molecule has 0 amide bonds. The highest BCUT2D eigenvalue weighted by Gasteiger charge is 2.33. The lowest BCUT2D eigenvalue weighted by Crippen LogP contribution is -2.46. The Kier molecular flexibility index (Phi) is 6.40. The van der Waals surface area contributed by atoms with Crippen molar-refractivity contribution in [3.8, 4) is 28.1 Å². The first-order valence-corrected chi connectivity index (χ1v) is 11.4.